The summed E-state index contributed by atoms with van der Waals surface area (Å²) in [6, 6.07) is 6.27. The van der Waals surface area contributed by atoms with Crippen molar-refractivity contribution in [2.75, 3.05) is 40.3 Å². The lowest BCUT2D eigenvalue weighted by atomic mass is 9.88. The van der Waals surface area contributed by atoms with E-state index in [9.17, 15) is 0 Å². The van der Waals surface area contributed by atoms with E-state index in [4.69, 9.17) is 4.99 Å². The average Bonchev–Trinajstić information content (AvgIpc) is 3.38. The highest BCUT2D eigenvalue weighted by Gasteiger charge is 2.31. The standard InChI is InChI=1S/C21H37N5S.HI/c1-5-22-21(23-14-16(2)26(4)18-10-11-18)24-15-17-8-6-12-25(3)20(17)19-9-7-13-27-19;/h7,9,13,16-18,20H,5-6,8,10-12,14-15H2,1-4H3,(H2,22,23,24);1H. The van der Waals surface area contributed by atoms with Crippen LogP contribution in [0.2, 0.25) is 0 Å². The first-order valence-corrected chi connectivity index (χ1v) is 11.5. The molecule has 3 atom stereocenters. The summed E-state index contributed by atoms with van der Waals surface area (Å²) in [6.07, 6.45) is 5.26. The van der Waals surface area contributed by atoms with Crippen molar-refractivity contribution in [1.29, 1.82) is 0 Å². The monoisotopic (exact) mass is 519 g/mol. The summed E-state index contributed by atoms with van der Waals surface area (Å²) in [5.41, 5.74) is 0. The maximum absolute atomic E-state index is 4.88. The van der Waals surface area contributed by atoms with Crippen molar-refractivity contribution in [3.05, 3.63) is 22.4 Å². The van der Waals surface area contributed by atoms with Crippen molar-refractivity contribution in [2.24, 2.45) is 10.9 Å². The van der Waals surface area contributed by atoms with Crippen molar-refractivity contribution in [1.82, 2.24) is 20.4 Å². The van der Waals surface area contributed by atoms with Gasteiger partial charge in [0.2, 0.25) is 0 Å². The third kappa shape index (κ3) is 6.57. The molecule has 0 aromatic carbocycles. The van der Waals surface area contributed by atoms with Gasteiger partial charge in [0.15, 0.2) is 5.96 Å². The molecular formula is C21H38IN5S. The zero-order valence-corrected chi connectivity index (χ0v) is 21.0. The summed E-state index contributed by atoms with van der Waals surface area (Å²) in [4.78, 5) is 11.4. The number of thiophene rings is 1. The van der Waals surface area contributed by atoms with E-state index in [2.05, 4.69) is 65.9 Å². The molecule has 2 N–H and O–H groups in total. The molecular weight excluding hydrogens is 481 g/mol. The van der Waals surface area contributed by atoms with Crippen LogP contribution in [0.1, 0.15) is 50.4 Å². The number of nitrogens with one attached hydrogen (secondary N) is 2. The molecule has 1 aliphatic carbocycles. The first-order chi connectivity index (χ1) is 13.1. The number of halogens is 1. The second-order valence-electron chi connectivity index (χ2n) is 8.19. The minimum absolute atomic E-state index is 0. The lowest BCUT2D eigenvalue weighted by Crippen LogP contribution is -2.45. The molecule has 3 unspecified atom stereocenters. The Morgan fingerprint density at radius 3 is 2.79 bits per heavy atom. The van der Waals surface area contributed by atoms with E-state index in [0.29, 0.717) is 18.0 Å². The van der Waals surface area contributed by atoms with E-state index in [1.807, 2.05) is 11.3 Å². The van der Waals surface area contributed by atoms with E-state index < -0.39 is 0 Å². The molecule has 1 aromatic heterocycles. The highest BCUT2D eigenvalue weighted by Crippen LogP contribution is 2.36. The molecule has 0 radical (unpaired) electrons. The third-order valence-corrected chi connectivity index (χ3v) is 6.99. The molecule has 28 heavy (non-hydrogen) atoms. The van der Waals surface area contributed by atoms with Gasteiger partial charge in [-0.1, -0.05) is 6.07 Å². The fourth-order valence-corrected chi connectivity index (χ4v) is 5.13. The first-order valence-electron chi connectivity index (χ1n) is 10.6. The van der Waals surface area contributed by atoms with Crippen molar-refractivity contribution in [3.8, 4) is 0 Å². The minimum atomic E-state index is 0. The number of hydrogen-bond donors (Lipinski definition) is 2. The van der Waals surface area contributed by atoms with Gasteiger partial charge in [0, 0.05) is 36.1 Å². The fourth-order valence-electron chi connectivity index (χ4n) is 4.15. The number of rotatable bonds is 8. The molecule has 0 bridgehead atoms. The molecule has 5 nitrogen and oxygen atoms in total. The Morgan fingerprint density at radius 2 is 2.14 bits per heavy atom. The molecule has 1 aromatic rings. The van der Waals surface area contributed by atoms with Crippen LogP contribution in [-0.2, 0) is 0 Å². The van der Waals surface area contributed by atoms with Gasteiger partial charge in [-0.25, -0.2) is 0 Å². The number of aliphatic imine (C=N–C) groups is 1. The normalized spacial score (nSPS) is 24.7. The van der Waals surface area contributed by atoms with Crippen LogP contribution in [0, 0.1) is 5.92 Å². The van der Waals surface area contributed by atoms with Gasteiger partial charge in [-0.3, -0.25) is 14.8 Å². The molecule has 0 amide bonds. The average molecular weight is 520 g/mol. The Kier molecular flexibility index (Phi) is 10.00. The maximum atomic E-state index is 4.88. The molecule has 3 rings (SSSR count). The van der Waals surface area contributed by atoms with Crippen molar-refractivity contribution < 1.29 is 0 Å². The van der Waals surface area contributed by atoms with Crippen LogP contribution in [0.5, 0.6) is 0 Å². The number of piperidine rings is 1. The lowest BCUT2D eigenvalue weighted by molar-refractivity contribution is 0.125. The predicted octanol–water partition coefficient (Wildman–Crippen LogP) is 3.79. The Labute approximate surface area is 192 Å². The highest BCUT2D eigenvalue weighted by molar-refractivity contribution is 14.0. The maximum Gasteiger partial charge on any atom is 0.191 e. The van der Waals surface area contributed by atoms with Crippen LogP contribution in [0.4, 0.5) is 0 Å². The van der Waals surface area contributed by atoms with Gasteiger partial charge in [-0.15, -0.1) is 35.3 Å². The zero-order chi connectivity index (χ0) is 19.2. The Hall–Kier alpha value is -0.380. The van der Waals surface area contributed by atoms with Crippen molar-refractivity contribution in [2.45, 2.75) is 57.7 Å². The number of guanidine groups is 1. The number of likely N-dealkylation sites (N-methyl/N-ethyl adjacent to an activating group) is 1. The molecule has 1 aliphatic heterocycles. The Bertz CT molecular complexity index is 590. The van der Waals surface area contributed by atoms with E-state index in [-0.39, 0.29) is 24.0 Å². The van der Waals surface area contributed by atoms with Crippen LogP contribution >= 0.6 is 35.3 Å². The molecule has 1 saturated heterocycles. The summed E-state index contributed by atoms with van der Waals surface area (Å²) in [5.74, 6) is 1.59. The molecule has 160 valence electrons. The van der Waals surface area contributed by atoms with Crippen molar-refractivity contribution >= 4 is 41.3 Å². The molecule has 7 heteroatoms. The molecule has 2 fully saturated rings. The van der Waals surface area contributed by atoms with Crippen LogP contribution in [0.3, 0.4) is 0 Å². The van der Waals surface area contributed by atoms with Gasteiger partial charge in [0.25, 0.3) is 0 Å². The minimum Gasteiger partial charge on any atom is -0.357 e. The van der Waals surface area contributed by atoms with Crippen LogP contribution in [0.15, 0.2) is 22.5 Å². The van der Waals surface area contributed by atoms with E-state index in [1.165, 1.54) is 37.1 Å². The van der Waals surface area contributed by atoms with E-state index >= 15 is 0 Å². The van der Waals surface area contributed by atoms with E-state index in [0.717, 1.165) is 31.6 Å². The lowest BCUT2D eigenvalue weighted by Gasteiger charge is -2.39. The number of hydrogen-bond acceptors (Lipinski definition) is 4. The van der Waals surface area contributed by atoms with Gasteiger partial charge >= 0.3 is 0 Å². The SMILES string of the molecule is CCNC(=NCC(C)N(C)C1CC1)NCC1CCCN(C)C1c1cccs1.I. The summed E-state index contributed by atoms with van der Waals surface area (Å²) in [7, 11) is 4.51. The third-order valence-electron chi connectivity index (χ3n) is 6.05. The van der Waals surface area contributed by atoms with Crippen LogP contribution in [-0.4, -0.2) is 68.1 Å². The summed E-state index contributed by atoms with van der Waals surface area (Å²) in [5, 5.41) is 9.27. The number of likely N-dealkylation sites (tertiary alicyclic amines) is 1. The predicted molar refractivity (Wildman–Crippen MR) is 132 cm³/mol. The molecule has 2 heterocycles. The zero-order valence-electron chi connectivity index (χ0n) is 17.9. The highest BCUT2D eigenvalue weighted by atomic mass is 127. The van der Waals surface area contributed by atoms with Crippen LogP contribution in [0.25, 0.3) is 0 Å². The summed E-state index contributed by atoms with van der Waals surface area (Å²) >= 11 is 1.89. The van der Waals surface area contributed by atoms with Gasteiger partial charge in [0.05, 0.1) is 6.54 Å². The van der Waals surface area contributed by atoms with Gasteiger partial charge < -0.3 is 10.6 Å². The van der Waals surface area contributed by atoms with Gasteiger partial charge in [-0.05, 0) is 77.5 Å². The smallest absolute Gasteiger partial charge is 0.191 e. The van der Waals surface area contributed by atoms with Crippen LogP contribution < -0.4 is 10.6 Å². The molecule has 0 spiro atoms. The summed E-state index contributed by atoms with van der Waals surface area (Å²) in [6.45, 7) is 8.34. The molecule has 2 aliphatic rings. The van der Waals surface area contributed by atoms with Crippen molar-refractivity contribution in [3.63, 3.8) is 0 Å². The summed E-state index contributed by atoms with van der Waals surface area (Å²) < 4.78 is 0. The Balaban J connectivity index is 0.00000280. The Morgan fingerprint density at radius 1 is 1.36 bits per heavy atom. The van der Waals surface area contributed by atoms with E-state index in [1.54, 1.807) is 0 Å². The topological polar surface area (TPSA) is 42.9 Å². The fraction of sp³-hybridized carbons (Fsp3) is 0.762. The second kappa shape index (κ2) is 11.7. The first kappa shape index (κ1) is 23.9. The van der Waals surface area contributed by atoms with Gasteiger partial charge in [-0.2, -0.15) is 0 Å². The molecule has 1 saturated carbocycles. The quantitative estimate of drug-likeness (QED) is 0.312. The largest absolute Gasteiger partial charge is 0.357 e. The number of nitrogens with zero attached hydrogens (tertiary/aromatic N) is 3. The second-order valence-corrected chi connectivity index (χ2v) is 9.17. The van der Waals surface area contributed by atoms with Gasteiger partial charge in [0.1, 0.15) is 0 Å².